The summed E-state index contributed by atoms with van der Waals surface area (Å²) in [4.78, 5) is 12.8. The van der Waals surface area contributed by atoms with Gasteiger partial charge in [0.2, 0.25) is 10.0 Å². The maximum atomic E-state index is 12.9. The smallest absolute Gasteiger partial charge is 0.450 e. The van der Waals surface area contributed by atoms with Crippen molar-refractivity contribution in [1.82, 2.24) is 9.71 Å². The van der Waals surface area contributed by atoms with Crippen LogP contribution in [0.2, 0.25) is 0 Å². The van der Waals surface area contributed by atoms with Crippen LogP contribution < -0.4 is 4.72 Å². The first-order chi connectivity index (χ1) is 15.3. The van der Waals surface area contributed by atoms with Gasteiger partial charge in [-0.3, -0.25) is 0 Å². The maximum Gasteiger partial charge on any atom is 0.503 e. The molecule has 0 spiro atoms. The fourth-order valence-corrected chi connectivity index (χ4v) is 6.53. The number of rotatable bonds is 5. The van der Waals surface area contributed by atoms with E-state index >= 15 is 0 Å². The summed E-state index contributed by atoms with van der Waals surface area (Å²) in [6.45, 7) is 2.09. The van der Waals surface area contributed by atoms with E-state index in [1.807, 2.05) is 48.5 Å². The van der Waals surface area contributed by atoms with Gasteiger partial charge in [0.15, 0.2) is 0 Å². The minimum atomic E-state index is -3.53. The van der Waals surface area contributed by atoms with E-state index in [0.29, 0.717) is 10.1 Å². The van der Waals surface area contributed by atoms with E-state index in [4.69, 9.17) is 15.0 Å². The molecule has 0 saturated heterocycles. The molecule has 1 aliphatic carbocycles. The van der Waals surface area contributed by atoms with E-state index in [9.17, 15) is 8.42 Å². The summed E-state index contributed by atoms with van der Waals surface area (Å²) in [7, 11) is -3.53. The Balaban J connectivity index is 0.000000567. The largest absolute Gasteiger partial charge is 0.503 e. The number of para-hydroxylation sites is 1. The van der Waals surface area contributed by atoms with Crippen LogP contribution in [-0.2, 0) is 10.0 Å². The molecule has 0 amide bonds. The number of nitrogens with one attached hydrogen (secondary N) is 2. The van der Waals surface area contributed by atoms with Crippen LogP contribution >= 0.6 is 11.3 Å². The lowest BCUT2D eigenvalue weighted by Crippen LogP contribution is -2.27. The van der Waals surface area contributed by atoms with Crippen molar-refractivity contribution in [2.45, 2.75) is 23.1 Å². The first-order valence-corrected chi connectivity index (χ1v) is 12.2. The number of hydrogen-bond acceptors (Lipinski definition) is 4. The van der Waals surface area contributed by atoms with Crippen molar-refractivity contribution >= 4 is 38.4 Å². The molecule has 2 aromatic heterocycles. The normalized spacial score (nSPS) is 19.8. The van der Waals surface area contributed by atoms with Gasteiger partial charge in [0.1, 0.15) is 4.21 Å². The Bertz CT molecular complexity index is 1310. The minimum absolute atomic E-state index is 0.0500. The summed E-state index contributed by atoms with van der Waals surface area (Å²) < 4.78 is 29.1. The zero-order chi connectivity index (χ0) is 22.9. The van der Waals surface area contributed by atoms with Crippen molar-refractivity contribution in [1.29, 1.82) is 0 Å². The Morgan fingerprint density at radius 3 is 2.34 bits per heavy atom. The van der Waals surface area contributed by atoms with Crippen molar-refractivity contribution in [2.75, 3.05) is 0 Å². The molecule has 7 nitrogen and oxygen atoms in total. The number of sulfonamides is 1. The van der Waals surface area contributed by atoms with E-state index in [-0.39, 0.29) is 12.0 Å². The van der Waals surface area contributed by atoms with Crippen LogP contribution in [0.1, 0.15) is 18.4 Å². The summed E-state index contributed by atoms with van der Waals surface area (Å²) in [6.07, 6.45) is -1.83. The van der Waals surface area contributed by atoms with Gasteiger partial charge in [-0.15, -0.1) is 11.3 Å². The molecule has 0 unspecified atom stereocenters. The van der Waals surface area contributed by atoms with Gasteiger partial charge in [0.05, 0.1) is 10.6 Å². The second-order valence-electron chi connectivity index (χ2n) is 7.61. The van der Waals surface area contributed by atoms with E-state index < -0.39 is 16.2 Å². The van der Waals surface area contributed by atoms with E-state index in [1.165, 1.54) is 16.9 Å². The number of carbonyl (C=O) groups is 1. The summed E-state index contributed by atoms with van der Waals surface area (Å²) in [5.74, 6) is 0.537. The predicted molar refractivity (Wildman–Crippen MR) is 125 cm³/mol. The van der Waals surface area contributed by atoms with Gasteiger partial charge in [0.25, 0.3) is 0 Å². The quantitative estimate of drug-likeness (QED) is 0.320. The highest BCUT2D eigenvalue weighted by Gasteiger charge is 2.49. The fourth-order valence-electron chi connectivity index (χ4n) is 3.88. The average molecular weight is 471 g/mol. The molecule has 0 aliphatic heterocycles. The lowest BCUT2D eigenvalue weighted by molar-refractivity contribution is 0.137. The summed E-state index contributed by atoms with van der Waals surface area (Å²) in [5, 5.41) is 15.1. The highest BCUT2D eigenvalue weighted by Crippen LogP contribution is 2.48. The zero-order valence-corrected chi connectivity index (χ0v) is 18.7. The molecule has 5 rings (SSSR count). The van der Waals surface area contributed by atoms with Crippen molar-refractivity contribution < 1.29 is 23.4 Å². The number of hydrogen-bond donors (Lipinski definition) is 4. The van der Waals surface area contributed by atoms with Crippen molar-refractivity contribution in [3.05, 3.63) is 78.4 Å². The Kier molecular flexibility index (Phi) is 6.05. The van der Waals surface area contributed by atoms with Gasteiger partial charge in [-0.25, -0.2) is 17.9 Å². The third kappa shape index (κ3) is 4.69. The number of aromatic nitrogens is 1. The molecular weight excluding hydrogens is 448 g/mol. The number of aromatic amines is 1. The predicted octanol–water partition coefficient (Wildman–Crippen LogP) is 5.20. The molecule has 2 aromatic carbocycles. The van der Waals surface area contributed by atoms with Gasteiger partial charge < -0.3 is 15.2 Å². The second-order valence-corrected chi connectivity index (χ2v) is 10.6. The average Bonchev–Trinajstić information content (AvgIpc) is 3.15. The molecule has 32 heavy (non-hydrogen) atoms. The van der Waals surface area contributed by atoms with Gasteiger partial charge in [-0.1, -0.05) is 55.5 Å². The van der Waals surface area contributed by atoms with E-state index in [0.717, 1.165) is 21.5 Å². The van der Waals surface area contributed by atoms with Crippen LogP contribution in [0.5, 0.6) is 0 Å². The Labute approximate surface area is 189 Å². The molecule has 3 atom stereocenters. The molecular formula is C23H22N2O5S2. The Morgan fingerprint density at radius 2 is 1.66 bits per heavy atom. The highest BCUT2D eigenvalue weighted by atomic mass is 32.2. The summed E-state index contributed by atoms with van der Waals surface area (Å²) in [6, 6.07) is 23.7. The SMILES string of the molecule is C[C@H]1[C@H](NS(=O)(=O)c2ccc(-c3cc4ccccc4[nH]3)s2)[C@H]1c1ccccc1.O=C(O)O. The number of thiophene rings is 1. The third-order valence-corrected chi connectivity index (χ3v) is 8.57. The third-order valence-electron chi connectivity index (χ3n) is 5.50. The highest BCUT2D eigenvalue weighted by molar-refractivity contribution is 7.91. The molecule has 0 bridgehead atoms. The molecule has 9 heteroatoms. The molecule has 2 heterocycles. The number of carboxylic acid groups (broad SMARTS) is 2. The number of fused-ring (bicyclic) bond motifs is 1. The number of benzene rings is 2. The molecule has 4 N–H and O–H groups in total. The van der Waals surface area contributed by atoms with Gasteiger partial charge in [-0.2, -0.15) is 0 Å². The van der Waals surface area contributed by atoms with Crippen LogP contribution in [0.25, 0.3) is 21.5 Å². The van der Waals surface area contributed by atoms with Crippen LogP contribution in [0, 0.1) is 5.92 Å². The van der Waals surface area contributed by atoms with Gasteiger partial charge >= 0.3 is 6.16 Å². The monoisotopic (exact) mass is 470 g/mol. The summed E-state index contributed by atoms with van der Waals surface area (Å²) >= 11 is 1.29. The molecule has 166 valence electrons. The van der Waals surface area contributed by atoms with Crippen LogP contribution in [0.4, 0.5) is 4.79 Å². The van der Waals surface area contributed by atoms with Crippen LogP contribution in [-0.4, -0.2) is 35.8 Å². The standard InChI is InChI=1S/C22H20N2O2S2.CH2O3/c1-14-21(15-7-3-2-4-8-15)22(14)24-28(25,26)20-12-11-19(27-20)18-13-16-9-5-6-10-17(16)23-18;2-1(3)4/h2-14,21-24H,1H3;(H2,2,3,4)/t14-,21-,22+;/m1./s1. The number of H-pyrrole nitrogens is 1. The van der Waals surface area contributed by atoms with Crippen molar-refractivity contribution in [3.63, 3.8) is 0 Å². The fraction of sp³-hybridized carbons (Fsp3) is 0.174. The lowest BCUT2D eigenvalue weighted by Gasteiger charge is -2.04. The van der Waals surface area contributed by atoms with Gasteiger partial charge in [0, 0.05) is 22.9 Å². The first-order valence-electron chi connectivity index (χ1n) is 9.93. The minimum Gasteiger partial charge on any atom is -0.450 e. The molecule has 1 fully saturated rings. The van der Waals surface area contributed by atoms with Crippen molar-refractivity contribution in [2.24, 2.45) is 5.92 Å². The molecule has 1 saturated carbocycles. The first kappa shape index (κ1) is 22.1. The Morgan fingerprint density at radius 1 is 1.00 bits per heavy atom. The summed E-state index contributed by atoms with van der Waals surface area (Å²) in [5.41, 5.74) is 3.17. The zero-order valence-electron chi connectivity index (χ0n) is 17.1. The van der Waals surface area contributed by atoms with Crippen molar-refractivity contribution in [3.8, 4) is 10.6 Å². The maximum absolute atomic E-state index is 12.9. The van der Waals surface area contributed by atoms with E-state index in [2.05, 4.69) is 34.8 Å². The second kappa shape index (κ2) is 8.78. The van der Waals surface area contributed by atoms with Crippen LogP contribution in [0.3, 0.4) is 0 Å². The van der Waals surface area contributed by atoms with E-state index in [1.54, 1.807) is 6.07 Å². The lowest BCUT2D eigenvalue weighted by atomic mass is 10.1. The molecule has 0 radical (unpaired) electrons. The topological polar surface area (TPSA) is 119 Å². The molecule has 4 aromatic rings. The molecule has 1 aliphatic rings. The Hall–Kier alpha value is -3.14. The van der Waals surface area contributed by atoms with Crippen LogP contribution in [0.15, 0.2) is 77.0 Å². The van der Waals surface area contributed by atoms with Gasteiger partial charge in [-0.05, 0) is 35.7 Å².